The first-order valence-corrected chi connectivity index (χ1v) is 13.8. The molecule has 0 atom stereocenters. The van der Waals surface area contributed by atoms with Crippen molar-refractivity contribution in [3.05, 3.63) is 76.1 Å². The van der Waals surface area contributed by atoms with Crippen LogP contribution >= 0.6 is 11.6 Å². The lowest BCUT2D eigenvalue weighted by atomic mass is 9.87. The van der Waals surface area contributed by atoms with Gasteiger partial charge < -0.3 is 31.0 Å². The standard InChI is InChI=1S/C30H34ClN7O2/c1-33-28(21-6-4-5-7-22(21)31)26-23(32)10-8-19-17-34-30(37-27(19)26)36-24-11-9-18(16-25(24)40-3)29(39)35-20-12-14-38(2)15-13-20/h4-7,9,11,16-17,20,32-33H,8,10,12-15H2,1-3H3,(H,35,39)(H,34,36,37)/b28-26+,32-23?. The number of carbonyl (C=O) groups is 1. The van der Waals surface area contributed by atoms with Crippen LogP contribution in [0, 0.1) is 5.41 Å². The largest absolute Gasteiger partial charge is 0.495 e. The summed E-state index contributed by atoms with van der Waals surface area (Å²) in [6, 6.07) is 13.0. The predicted octanol–water partition coefficient (Wildman–Crippen LogP) is 4.76. The topological polar surface area (TPSA) is 115 Å². The number of piperidine rings is 1. The van der Waals surface area contributed by atoms with Gasteiger partial charge in [-0.1, -0.05) is 29.8 Å². The summed E-state index contributed by atoms with van der Waals surface area (Å²) in [5.41, 5.74) is 5.56. The molecule has 2 aromatic carbocycles. The summed E-state index contributed by atoms with van der Waals surface area (Å²) in [6.45, 7) is 1.95. The zero-order chi connectivity index (χ0) is 28.2. The van der Waals surface area contributed by atoms with Crippen LogP contribution in [-0.4, -0.2) is 66.8 Å². The zero-order valence-electron chi connectivity index (χ0n) is 23.0. The normalized spacial score (nSPS) is 17.1. The molecule has 0 spiro atoms. The first-order valence-electron chi connectivity index (χ1n) is 13.4. The fraction of sp³-hybridized carbons (Fsp3) is 0.333. The highest BCUT2D eigenvalue weighted by Gasteiger charge is 2.26. The van der Waals surface area contributed by atoms with E-state index in [2.05, 4.69) is 32.9 Å². The Morgan fingerprint density at radius 1 is 1.15 bits per heavy atom. The van der Waals surface area contributed by atoms with E-state index >= 15 is 0 Å². The Balaban J connectivity index is 1.43. The van der Waals surface area contributed by atoms with Crippen molar-refractivity contribution in [2.45, 2.75) is 31.7 Å². The van der Waals surface area contributed by atoms with Gasteiger partial charge in [-0.05, 0) is 75.6 Å². The molecule has 1 aliphatic heterocycles. The van der Waals surface area contributed by atoms with Gasteiger partial charge in [0, 0.05) is 46.7 Å². The molecule has 1 amide bonds. The summed E-state index contributed by atoms with van der Waals surface area (Å²) in [5.74, 6) is 0.757. The summed E-state index contributed by atoms with van der Waals surface area (Å²) >= 11 is 6.53. The number of hydrogen-bond acceptors (Lipinski definition) is 8. The van der Waals surface area contributed by atoms with E-state index in [9.17, 15) is 4.79 Å². The molecule has 0 unspecified atom stereocenters. The number of aryl methyl sites for hydroxylation is 1. The maximum Gasteiger partial charge on any atom is 0.251 e. The monoisotopic (exact) mass is 559 g/mol. The number of fused-ring (bicyclic) bond motifs is 1. The summed E-state index contributed by atoms with van der Waals surface area (Å²) in [5, 5.41) is 19.0. The first-order chi connectivity index (χ1) is 19.4. The van der Waals surface area contributed by atoms with E-state index in [0.717, 1.165) is 42.8 Å². The van der Waals surface area contributed by atoms with Crippen molar-refractivity contribution < 1.29 is 9.53 Å². The van der Waals surface area contributed by atoms with E-state index in [1.165, 1.54) is 0 Å². The van der Waals surface area contributed by atoms with Crippen molar-refractivity contribution in [1.29, 1.82) is 5.41 Å². The van der Waals surface area contributed by atoms with Gasteiger partial charge >= 0.3 is 0 Å². The molecule has 1 fully saturated rings. The van der Waals surface area contributed by atoms with Crippen LogP contribution in [0.15, 0.2) is 48.7 Å². The van der Waals surface area contributed by atoms with Crippen molar-refractivity contribution >= 4 is 46.1 Å². The molecule has 3 aromatic rings. The Hall–Kier alpha value is -3.95. The molecular weight excluding hydrogens is 526 g/mol. The molecule has 0 radical (unpaired) electrons. The quantitative estimate of drug-likeness (QED) is 0.330. The van der Waals surface area contributed by atoms with Crippen LogP contribution in [0.4, 0.5) is 11.6 Å². The second-order valence-electron chi connectivity index (χ2n) is 10.1. The number of allylic oxidation sites excluding steroid dienone is 1. The van der Waals surface area contributed by atoms with Gasteiger partial charge in [-0.2, -0.15) is 0 Å². The van der Waals surface area contributed by atoms with E-state index in [0.29, 0.717) is 57.8 Å². The lowest BCUT2D eigenvalue weighted by molar-refractivity contribution is 0.0916. The molecule has 208 valence electrons. The van der Waals surface area contributed by atoms with E-state index in [4.69, 9.17) is 26.7 Å². The fourth-order valence-electron chi connectivity index (χ4n) is 5.20. The van der Waals surface area contributed by atoms with E-state index in [-0.39, 0.29) is 11.9 Å². The number of nitrogens with zero attached hydrogens (tertiary/aromatic N) is 3. The number of aromatic nitrogens is 2. The molecule has 40 heavy (non-hydrogen) atoms. The highest BCUT2D eigenvalue weighted by Crippen LogP contribution is 2.35. The SMILES string of the molecule is CN/C(=C1\C(=N)CCc2cnc(Nc3ccc(C(=O)NC4CCN(C)CC4)cc3OC)nc21)c1ccccc1Cl. The van der Waals surface area contributed by atoms with Gasteiger partial charge in [-0.15, -0.1) is 0 Å². The third kappa shape index (κ3) is 5.80. The predicted molar refractivity (Wildman–Crippen MR) is 160 cm³/mol. The minimum Gasteiger partial charge on any atom is -0.495 e. The summed E-state index contributed by atoms with van der Waals surface area (Å²) in [4.78, 5) is 24.6. The van der Waals surface area contributed by atoms with Gasteiger partial charge in [0.1, 0.15) is 5.75 Å². The minimum absolute atomic E-state index is 0.114. The lowest BCUT2D eigenvalue weighted by Gasteiger charge is -2.29. The maximum absolute atomic E-state index is 12.9. The second-order valence-corrected chi connectivity index (χ2v) is 10.5. The number of rotatable bonds is 7. The van der Waals surface area contributed by atoms with Crippen molar-refractivity contribution in [2.24, 2.45) is 0 Å². The number of anilines is 2. The Bertz CT molecular complexity index is 1460. The molecule has 4 N–H and O–H groups in total. The molecule has 10 heteroatoms. The first kappa shape index (κ1) is 27.6. The van der Waals surface area contributed by atoms with Crippen molar-refractivity contribution in [1.82, 2.24) is 25.5 Å². The molecule has 2 heterocycles. The van der Waals surface area contributed by atoms with Crippen LogP contribution in [0.5, 0.6) is 5.75 Å². The molecule has 0 bridgehead atoms. The van der Waals surface area contributed by atoms with Crippen LogP contribution in [0.2, 0.25) is 5.02 Å². The number of carbonyl (C=O) groups excluding carboxylic acids is 1. The van der Waals surface area contributed by atoms with Crippen LogP contribution in [0.3, 0.4) is 0 Å². The van der Waals surface area contributed by atoms with Crippen LogP contribution in [0.1, 0.15) is 46.4 Å². The van der Waals surface area contributed by atoms with E-state index in [1.54, 1.807) is 31.5 Å². The van der Waals surface area contributed by atoms with Gasteiger partial charge in [0.2, 0.25) is 5.95 Å². The zero-order valence-corrected chi connectivity index (χ0v) is 23.7. The average molecular weight is 560 g/mol. The number of hydrogen-bond donors (Lipinski definition) is 4. The number of ether oxygens (including phenoxy) is 1. The molecule has 1 aromatic heterocycles. The minimum atomic E-state index is -0.114. The van der Waals surface area contributed by atoms with Gasteiger partial charge in [0.25, 0.3) is 5.91 Å². The number of nitrogens with one attached hydrogen (secondary N) is 4. The number of amides is 1. The summed E-state index contributed by atoms with van der Waals surface area (Å²) in [7, 11) is 5.49. The van der Waals surface area contributed by atoms with Gasteiger partial charge in [-0.25, -0.2) is 9.97 Å². The number of likely N-dealkylation sites (tertiary alicyclic amines) is 1. The molecule has 5 rings (SSSR count). The number of methoxy groups -OCH3 is 1. The third-order valence-electron chi connectivity index (χ3n) is 7.45. The van der Waals surface area contributed by atoms with Gasteiger partial charge in [0.15, 0.2) is 0 Å². The smallest absolute Gasteiger partial charge is 0.251 e. The Labute approximate surface area is 239 Å². The Morgan fingerprint density at radius 3 is 2.65 bits per heavy atom. The summed E-state index contributed by atoms with van der Waals surface area (Å²) < 4.78 is 5.62. The Morgan fingerprint density at radius 2 is 1.93 bits per heavy atom. The maximum atomic E-state index is 12.9. The molecule has 9 nitrogen and oxygen atoms in total. The average Bonchev–Trinajstić information content (AvgIpc) is 2.96. The second kappa shape index (κ2) is 12.1. The van der Waals surface area contributed by atoms with Crippen LogP contribution < -0.4 is 20.7 Å². The van der Waals surface area contributed by atoms with Crippen LogP contribution in [-0.2, 0) is 6.42 Å². The molecule has 1 saturated heterocycles. The fourth-order valence-corrected chi connectivity index (χ4v) is 5.43. The summed E-state index contributed by atoms with van der Waals surface area (Å²) in [6.07, 6.45) is 4.94. The molecule has 2 aliphatic rings. The highest BCUT2D eigenvalue weighted by molar-refractivity contribution is 6.35. The van der Waals surface area contributed by atoms with Crippen molar-refractivity contribution in [3.8, 4) is 5.75 Å². The van der Waals surface area contributed by atoms with Crippen molar-refractivity contribution in [2.75, 3.05) is 39.6 Å². The van der Waals surface area contributed by atoms with E-state index < -0.39 is 0 Å². The van der Waals surface area contributed by atoms with Gasteiger partial charge in [0.05, 0.1) is 24.2 Å². The third-order valence-corrected chi connectivity index (χ3v) is 7.78. The highest BCUT2D eigenvalue weighted by atomic mass is 35.5. The molecule has 0 saturated carbocycles. The van der Waals surface area contributed by atoms with E-state index in [1.807, 2.05) is 31.3 Å². The molecular formula is C30H34ClN7O2. The van der Waals surface area contributed by atoms with Crippen molar-refractivity contribution in [3.63, 3.8) is 0 Å². The lowest BCUT2D eigenvalue weighted by Crippen LogP contribution is -2.43. The van der Waals surface area contributed by atoms with Crippen LogP contribution in [0.25, 0.3) is 11.3 Å². The molecule has 1 aliphatic carbocycles. The number of halogens is 1. The Kier molecular flexibility index (Phi) is 8.32. The number of benzene rings is 2. The van der Waals surface area contributed by atoms with Gasteiger partial charge in [-0.3, -0.25) is 4.79 Å².